The van der Waals surface area contributed by atoms with E-state index in [0.717, 1.165) is 5.56 Å². The number of halogens is 1. The van der Waals surface area contributed by atoms with Crippen LogP contribution in [0, 0.1) is 0 Å². The lowest BCUT2D eigenvalue weighted by Crippen LogP contribution is -3.00. The van der Waals surface area contributed by atoms with Crippen molar-refractivity contribution in [3.63, 3.8) is 0 Å². The van der Waals surface area contributed by atoms with Crippen LogP contribution in [0.15, 0.2) is 54.9 Å². The molecule has 0 N–H and O–H groups in total. The first kappa shape index (κ1) is 14.6. The third-order valence-corrected chi connectivity index (χ3v) is 2.37. The number of hydrogen-bond acceptors (Lipinski definition) is 2. The Balaban J connectivity index is 0.00000162. The number of benzene rings is 1. The number of ether oxygens (including phenoxy) is 1. The molecule has 94 valence electrons. The fourth-order valence-corrected chi connectivity index (χ4v) is 1.47. The maximum absolute atomic E-state index is 11.6. The van der Waals surface area contributed by atoms with E-state index in [9.17, 15) is 4.79 Å². The van der Waals surface area contributed by atoms with Crippen LogP contribution in [0.1, 0.15) is 5.56 Å². The summed E-state index contributed by atoms with van der Waals surface area (Å²) in [6.07, 6.45) is 4.10. The fourth-order valence-electron chi connectivity index (χ4n) is 1.47. The van der Waals surface area contributed by atoms with Gasteiger partial charge < -0.3 is 28.7 Å². The second-order valence-corrected chi connectivity index (χ2v) is 3.84. The van der Waals surface area contributed by atoms with Crippen LogP contribution in [0.5, 0.6) is 5.75 Å². The van der Waals surface area contributed by atoms with Crippen LogP contribution in [0.4, 0.5) is 0 Å². The summed E-state index contributed by atoms with van der Waals surface area (Å²) in [5.41, 5.74) is 0.948. The van der Waals surface area contributed by atoms with E-state index in [-0.39, 0.29) is 36.4 Å². The molecule has 0 atom stereocenters. The van der Waals surface area contributed by atoms with Crippen molar-refractivity contribution in [1.29, 1.82) is 0 Å². The number of rotatable bonds is 3. The molecule has 0 radical (unpaired) electrons. The van der Waals surface area contributed by atoms with Crippen molar-refractivity contribution >= 4 is 5.97 Å². The van der Waals surface area contributed by atoms with Gasteiger partial charge in [0.1, 0.15) is 12.8 Å². The largest absolute Gasteiger partial charge is 1.00 e. The first-order chi connectivity index (χ1) is 8.24. The highest BCUT2D eigenvalue weighted by molar-refractivity contribution is 5.74. The molecular formula is C14H14INO2. The molecule has 18 heavy (non-hydrogen) atoms. The van der Waals surface area contributed by atoms with Crippen LogP contribution in [0.2, 0.25) is 0 Å². The Morgan fingerprint density at radius 3 is 2.33 bits per heavy atom. The lowest BCUT2D eigenvalue weighted by Gasteiger charge is -2.03. The third kappa shape index (κ3) is 4.44. The molecule has 0 aliphatic heterocycles. The summed E-state index contributed by atoms with van der Waals surface area (Å²) in [5, 5.41) is 0. The van der Waals surface area contributed by atoms with E-state index in [1.54, 1.807) is 12.1 Å². The molecule has 0 aliphatic rings. The molecular weight excluding hydrogens is 341 g/mol. The van der Waals surface area contributed by atoms with Gasteiger partial charge in [0, 0.05) is 12.1 Å². The zero-order valence-electron chi connectivity index (χ0n) is 10.0. The molecule has 1 aromatic carbocycles. The summed E-state index contributed by atoms with van der Waals surface area (Å²) in [7, 11) is 1.94. The lowest BCUT2D eigenvalue weighted by molar-refractivity contribution is -0.671. The van der Waals surface area contributed by atoms with Gasteiger partial charge in [-0.3, -0.25) is 4.79 Å². The van der Waals surface area contributed by atoms with E-state index in [2.05, 4.69) is 0 Å². The van der Waals surface area contributed by atoms with Gasteiger partial charge in [-0.1, -0.05) is 18.2 Å². The number of pyridine rings is 1. The Hall–Kier alpha value is -1.43. The molecule has 4 heteroatoms. The number of nitrogens with zero attached hydrogens (tertiary/aromatic N) is 1. The molecule has 2 rings (SSSR count). The number of para-hydroxylation sites is 1. The van der Waals surface area contributed by atoms with Crippen molar-refractivity contribution in [1.82, 2.24) is 0 Å². The Morgan fingerprint density at radius 1 is 1.11 bits per heavy atom. The van der Waals surface area contributed by atoms with E-state index < -0.39 is 0 Å². The minimum Gasteiger partial charge on any atom is -1.00 e. The Morgan fingerprint density at radius 2 is 1.72 bits per heavy atom. The van der Waals surface area contributed by atoms with Crippen molar-refractivity contribution in [2.75, 3.05) is 0 Å². The summed E-state index contributed by atoms with van der Waals surface area (Å²) in [6, 6.07) is 12.9. The number of aryl methyl sites for hydroxylation is 1. The van der Waals surface area contributed by atoms with Gasteiger partial charge in [-0.2, -0.15) is 0 Å². The maximum Gasteiger partial charge on any atom is 0.315 e. The molecule has 0 unspecified atom stereocenters. The minimum absolute atomic E-state index is 0. The van der Waals surface area contributed by atoms with Crippen LogP contribution in [0.25, 0.3) is 0 Å². The summed E-state index contributed by atoms with van der Waals surface area (Å²) in [5.74, 6) is 0.337. The van der Waals surface area contributed by atoms with Gasteiger partial charge in [-0.15, -0.1) is 0 Å². The molecule has 3 nitrogen and oxygen atoms in total. The first-order valence-electron chi connectivity index (χ1n) is 5.44. The van der Waals surface area contributed by atoms with Crippen molar-refractivity contribution in [3.05, 3.63) is 60.4 Å². The predicted molar refractivity (Wildman–Crippen MR) is 63.4 cm³/mol. The molecule has 1 heterocycles. The Bertz CT molecular complexity index is 497. The third-order valence-electron chi connectivity index (χ3n) is 2.37. The van der Waals surface area contributed by atoms with Gasteiger partial charge in [-0.05, 0) is 17.7 Å². The highest BCUT2D eigenvalue weighted by atomic mass is 127. The topological polar surface area (TPSA) is 30.2 Å². The normalized spacial score (nSPS) is 9.39. The van der Waals surface area contributed by atoms with Gasteiger partial charge in [0.15, 0.2) is 12.4 Å². The second kappa shape index (κ2) is 7.10. The van der Waals surface area contributed by atoms with Gasteiger partial charge in [-0.25, -0.2) is 4.57 Å². The van der Waals surface area contributed by atoms with E-state index in [1.807, 2.05) is 54.3 Å². The molecule has 0 aliphatic carbocycles. The SMILES string of the molecule is C[n+]1ccc(CC(=O)Oc2ccccc2)cc1.[I-]. The van der Waals surface area contributed by atoms with Gasteiger partial charge >= 0.3 is 5.97 Å². The van der Waals surface area contributed by atoms with Crippen molar-refractivity contribution in [3.8, 4) is 5.75 Å². The highest BCUT2D eigenvalue weighted by Crippen LogP contribution is 2.09. The summed E-state index contributed by atoms with van der Waals surface area (Å²) >= 11 is 0. The van der Waals surface area contributed by atoms with Crippen LogP contribution in [-0.4, -0.2) is 5.97 Å². The minimum atomic E-state index is -0.245. The average Bonchev–Trinajstić information content (AvgIpc) is 2.33. The van der Waals surface area contributed by atoms with Gasteiger partial charge in [0.25, 0.3) is 0 Å². The van der Waals surface area contributed by atoms with Crippen LogP contribution >= 0.6 is 0 Å². The second-order valence-electron chi connectivity index (χ2n) is 3.84. The molecule has 0 bridgehead atoms. The number of aromatic nitrogens is 1. The highest BCUT2D eigenvalue weighted by Gasteiger charge is 2.06. The molecule has 0 saturated heterocycles. The zero-order valence-corrected chi connectivity index (χ0v) is 12.2. The monoisotopic (exact) mass is 355 g/mol. The van der Waals surface area contributed by atoms with E-state index >= 15 is 0 Å². The molecule has 0 amide bonds. The van der Waals surface area contributed by atoms with Crippen LogP contribution < -0.4 is 33.3 Å². The molecule has 0 saturated carbocycles. The fraction of sp³-hybridized carbons (Fsp3) is 0.143. The lowest BCUT2D eigenvalue weighted by atomic mass is 10.2. The molecule has 1 aromatic heterocycles. The summed E-state index contributed by atoms with van der Waals surface area (Å²) < 4.78 is 7.13. The number of carbonyl (C=O) groups excluding carboxylic acids is 1. The number of carbonyl (C=O) groups is 1. The van der Waals surface area contributed by atoms with Crippen LogP contribution in [-0.2, 0) is 18.3 Å². The summed E-state index contributed by atoms with van der Waals surface area (Å²) in [6.45, 7) is 0. The van der Waals surface area contributed by atoms with Crippen molar-refractivity contribution in [2.24, 2.45) is 7.05 Å². The average molecular weight is 355 g/mol. The van der Waals surface area contributed by atoms with Crippen molar-refractivity contribution < 1.29 is 38.1 Å². The van der Waals surface area contributed by atoms with E-state index in [4.69, 9.17) is 4.74 Å². The number of hydrogen-bond donors (Lipinski definition) is 0. The molecule has 2 aromatic rings. The quantitative estimate of drug-likeness (QED) is 0.296. The van der Waals surface area contributed by atoms with E-state index in [0.29, 0.717) is 5.75 Å². The predicted octanol–water partition coefficient (Wildman–Crippen LogP) is -1.34. The number of esters is 1. The zero-order chi connectivity index (χ0) is 12.1. The Kier molecular flexibility index (Phi) is 5.77. The molecule has 0 fully saturated rings. The van der Waals surface area contributed by atoms with E-state index in [1.165, 1.54) is 0 Å². The maximum atomic E-state index is 11.6. The Labute approximate surface area is 123 Å². The van der Waals surface area contributed by atoms with Crippen LogP contribution in [0.3, 0.4) is 0 Å². The standard InChI is InChI=1S/C14H14NO2.HI/c1-15-9-7-12(8-10-15)11-14(16)17-13-5-3-2-4-6-13;/h2-10H,11H2,1H3;1H/q+1;/p-1. The van der Waals surface area contributed by atoms with Gasteiger partial charge in [0.05, 0.1) is 6.42 Å². The molecule has 0 spiro atoms. The summed E-state index contributed by atoms with van der Waals surface area (Å²) in [4.78, 5) is 11.6. The smallest absolute Gasteiger partial charge is 0.315 e. The van der Waals surface area contributed by atoms with Crippen molar-refractivity contribution in [2.45, 2.75) is 6.42 Å². The van der Waals surface area contributed by atoms with Gasteiger partial charge in [0.2, 0.25) is 0 Å². The first-order valence-corrected chi connectivity index (χ1v) is 5.44.